The number of halogens is 6. The Kier molecular flexibility index (Phi) is 6.09. The average molecular weight is 495 g/mol. The SMILES string of the molecule is CC(c1ccc(C(F)(F)F)cc1C(F)(F)F)n1cc(-c2cccnc2NC(=O)c2ccon2)cn1. The molecule has 1 atom stereocenters. The number of nitrogens with zero attached hydrogens (tertiary/aromatic N) is 4. The highest BCUT2D eigenvalue weighted by molar-refractivity contribution is 6.04. The number of anilines is 1. The summed E-state index contributed by atoms with van der Waals surface area (Å²) in [5.74, 6) is -0.461. The summed E-state index contributed by atoms with van der Waals surface area (Å²) >= 11 is 0. The number of pyridine rings is 1. The Morgan fingerprint density at radius 1 is 1.09 bits per heavy atom. The molecule has 4 rings (SSSR count). The van der Waals surface area contributed by atoms with Gasteiger partial charge in [-0.05, 0) is 36.8 Å². The van der Waals surface area contributed by atoms with Crippen LogP contribution < -0.4 is 5.32 Å². The molecule has 182 valence electrons. The van der Waals surface area contributed by atoms with E-state index in [9.17, 15) is 31.1 Å². The number of benzene rings is 1. The zero-order valence-electron chi connectivity index (χ0n) is 17.7. The van der Waals surface area contributed by atoms with Gasteiger partial charge in [0, 0.05) is 29.6 Å². The second-order valence-electron chi connectivity index (χ2n) is 7.42. The molecule has 0 aliphatic carbocycles. The predicted octanol–water partition coefficient (Wildman–Crippen LogP) is 5.83. The number of amides is 1. The number of aromatic nitrogens is 4. The Labute approximate surface area is 193 Å². The summed E-state index contributed by atoms with van der Waals surface area (Å²) in [5, 5.41) is 10.2. The Morgan fingerprint density at radius 3 is 2.51 bits per heavy atom. The minimum Gasteiger partial charge on any atom is -0.364 e. The van der Waals surface area contributed by atoms with Crippen LogP contribution in [0.15, 0.2) is 65.8 Å². The highest BCUT2D eigenvalue weighted by atomic mass is 19.4. The van der Waals surface area contributed by atoms with Crippen LogP contribution in [0.2, 0.25) is 0 Å². The number of hydrogen-bond acceptors (Lipinski definition) is 5. The van der Waals surface area contributed by atoms with E-state index in [0.717, 1.165) is 6.07 Å². The van der Waals surface area contributed by atoms with Crippen molar-refractivity contribution < 1.29 is 35.7 Å². The van der Waals surface area contributed by atoms with Gasteiger partial charge in [-0.25, -0.2) is 4.98 Å². The molecular weight excluding hydrogens is 480 g/mol. The fraction of sp³-hybridized carbons (Fsp3) is 0.182. The molecule has 13 heteroatoms. The zero-order valence-corrected chi connectivity index (χ0v) is 17.7. The van der Waals surface area contributed by atoms with E-state index in [2.05, 4.69) is 25.1 Å². The fourth-order valence-corrected chi connectivity index (χ4v) is 3.41. The van der Waals surface area contributed by atoms with Gasteiger partial charge in [-0.3, -0.25) is 9.48 Å². The first-order valence-corrected chi connectivity index (χ1v) is 9.95. The van der Waals surface area contributed by atoms with Gasteiger partial charge in [0.2, 0.25) is 0 Å². The maximum Gasteiger partial charge on any atom is 0.416 e. The molecule has 0 fully saturated rings. The van der Waals surface area contributed by atoms with Crippen molar-refractivity contribution in [3.63, 3.8) is 0 Å². The van der Waals surface area contributed by atoms with Gasteiger partial charge in [0.05, 0.1) is 23.4 Å². The first-order valence-electron chi connectivity index (χ1n) is 9.95. The lowest BCUT2D eigenvalue weighted by atomic mass is 9.98. The second-order valence-corrected chi connectivity index (χ2v) is 7.42. The summed E-state index contributed by atoms with van der Waals surface area (Å²) in [6, 6.07) is 4.97. The summed E-state index contributed by atoms with van der Waals surface area (Å²) in [6.07, 6.45) is -4.54. The summed E-state index contributed by atoms with van der Waals surface area (Å²) in [7, 11) is 0. The molecule has 1 amide bonds. The van der Waals surface area contributed by atoms with E-state index < -0.39 is 35.4 Å². The molecule has 3 aromatic heterocycles. The zero-order chi connectivity index (χ0) is 25.4. The number of carbonyl (C=O) groups is 1. The molecule has 1 unspecified atom stereocenters. The molecule has 0 aliphatic rings. The third kappa shape index (κ3) is 5.03. The van der Waals surface area contributed by atoms with Gasteiger partial charge >= 0.3 is 12.4 Å². The highest BCUT2D eigenvalue weighted by Crippen LogP contribution is 2.40. The van der Waals surface area contributed by atoms with Crippen molar-refractivity contribution in [2.45, 2.75) is 25.3 Å². The van der Waals surface area contributed by atoms with Crippen molar-refractivity contribution in [2.24, 2.45) is 0 Å². The van der Waals surface area contributed by atoms with Gasteiger partial charge in [-0.15, -0.1) is 0 Å². The molecule has 7 nitrogen and oxygen atoms in total. The van der Waals surface area contributed by atoms with Crippen LogP contribution >= 0.6 is 0 Å². The normalized spacial score (nSPS) is 13.0. The van der Waals surface area contributed by atoms with E-state index in [1.54, 1.807) is 12.1 Å². The fourth-order valence-electron chi connectivity index (χ4n) is 3.41. The van der Waals surface area contributed by atoms with Gasteiger partial charge in [0.25, 0.3) is 5.91 Å². The topological polar surface area (TPSA) is 85.8 Å². The molecule has 0 saturated carbocycles. The molecule has 0 spiro atoms. The van der Waals surface area contributed by atoms with Crippen LogP contribution in [0.5, 0.6) is 0 Å². The van der Waals surface area contributed by atoms with Crippen LogP contribution in [0.25, 0.3) is 11.1 Å². The summed E-state index contributed by atoms with van der Waals surface area (Å²) < 4.78 is 85.6. The van der Waals surface area contributed by atoms with Gasteiger partial charge in [-0.2, -0.15) is 31.4 Å². The van der Waals surface area contributed by atoms with Crippen LogP contribution in [0.3, 0.4) is 0 Å². The van der Waals surface area contributed by atoms with E-state index in [4.69, 9.17) is 0 Å². The minimum atomic E-state index is -5.01. The van der Waals surface area contributed by atoms with Crippen LogP contribution in [0.1, 0.15) is 40.1 Å². The summed E-state index contributed by atoms with van der Waals surface area (Å²) in [6.45, 7) is 1.38. The number of alkyl halides is 6. The average Bonchev–Trinajstić information content (AvgIpc) is 3.50. The molecular formula is C22H15F6N5O2. The van der Waals surface area contributed by atoms with Crippen molar-refractivity contribution in [2.75, 3.05) is 5.32 Å². The lowest BCUT2D eigenvalue weighted by Crippen LogP contribution is -2.17. The second kappa shape index (κ2) is 8.89. The smallest absolute Gasteiger partial charge is 0.364 e. The van der Waals surface area contributed by atoms with Crippen molar-refractivity contribution in [1.82, 2.24) is 19.9 Å². The molecule has 1 N–H and O–H groups in total. The van der Waals surface area contributed by atoms with E-state index in [1.807, 2.05) is 0 Å². The van der Waals surface area contributed by atoms with E-state index >= 15 is 0 Å². The first kappa shape index (κ1) is 24.0. The Balaban J connectivity index is 1.67. The van der Waals surface area contributed by atoms with Gasteiger partial charge in [0.1, 0.15) is 12.1 Å². The maximum atomic E-state index is 13.6. The highest BCUT2D eigenvalue weighted by Gasteiger charge is 2.39. The number of carbonyl (C=O) groups excluding carboxylic acids is 1. The Morgan fingerprint density at radius 2 is 1.86 bits per heavy atom. The largest absolute Gasteiger partial charge is 0.416 e. The van der Waals surface area contributed by atoms with Crippen LogP contribution in [0, 0.1) is 0 Å². The van der Waals surface area contributed by atoms with Crippen molar-refractivity contribution in [3.05, 3.63) is 83.6 Å². The monoisotopic (exact) mass is 495 g/mol. The van der Waals surface area contributed by atoms with Crippen molar-refractivity contribution in [3.8, 4) is 11.1 Å². The molecule has 1 aromatic carbocycles. The number of nitrogens with one attached hydrogen (secondary N) is 1. The van der Waals surface area contributed by atoms with E-state index in [-0.39, 0.29) is 23.1 Å². The quantitative estimate of drug-likeness (QED) is 0.352. The van der Waals surface area contributed by atoms with Crippen molar-refractivity contribution >= 4 is 11.7 Å². The predicted molar refractivity (Wildman–Crippen MR) is 110 cm³/mol. The molecule has 0 saturated heterocycles. The van der Waals surface area contributed by atoms with Gasteiger partial charge < -0.3 is 9.84 Å². The molecule has 0 aliphatic heterocycles. The van der Waals surface area contributed by atoms with E-state index in [1.165, 1.54) is 42.5 Å². The number of rotatable bonds is 5. The van der Waals surface area contributed by atoms with Gasteiger partial charge in [0.15, 0.2) is 5.69 Å². The lowest BCUT2D eigenvalue weighted by Gasteiger charge is -2.20. The minimum absolute atomic E-state index is 0.00732. The first-order chi connectivity index (χ1) is 16.4. The summed E-state index contributed by atoms with van der Waals surface area (Å²) in [5.41, 5.74) is -2.37. The van der Waals surface area contributed by atoms with Crippen LogP contribution in [0.4, 0.5) is 32.2 Å². The third-order valence-corrected chi connectivity index (χ3v) is 5.16. The molecule has 0 radical (unpaired) electrons. The molecule has 0 bridgehead atoms. The standard InChI is InChI=1S/C22H15F6N5O2/c1-12(15-5-4-14(21(23,24)25)9-17(15)22(26,27)28)33-11-13(10-30-33)16-3-2-7-29-19(16)31-20(34)18-6-8-35-32-18/h2-12H,1H3,(H,29,31,34). The number of hydrogen-bond donors (Lipinski definition) is 1. The van der Waals surface area contributed by atoms with E-state index in [0.29, 0.717) is 17.2 Å². The maximum absolute atomic E-state index is 13.6. The van der Waals surface area contributed by atoms with Gasteiger partial charge in [-0.1, -0.05) is 11.2 Å². The molecule has 3 heterocycles. The Hall–Kier alpha value is -4.16. The summed E-state index contributed by atoms with van der Waals surface area (Å²) in [4.78, 5) is 16.4. The molecule has 35 heavy (non-hydrogen) atoms. The van der Waals surface area contributed by atoms with Crippen LogP contribution in [-0.4, -0.2) is 25.8 Å². The third-order valence-electron chi connectivity index (χ3n) is 5.16. The Bertz CT molecular complexity index is 1350. The van der Waals surface area contributed by atoms with Crippen molar-refractivity contribution in [1.29, 1.82) is 0 Å². The lowest BCUT2D eigenvalue weighted by molar-refractivity contribution is -0.143. The molecule has 4 aromatic rings. The van der Waals surface area contributed by atoms with Crippen LogP contribution in [-0.2, 0) is 12.4 Å².